The number of hydrogen-bond donors (Lipinski definition) is 1. The van der Waals surface area contributed by atoms with Crippen LogP contribution in [0.15, 0.2) is 29.3 Å². The normalized spacial score (nSPS) is 19.4. The molecule has 1 aliphatic rings. The van der Waals surface area contributed by atoms with E-state index in [4.69, 9.17) is 11.6 Å². The molecule has 1 amide bonds. The number of amides is 1. The van der Waals surface area contributed by atoms with Gasteiger partial charge in [-0.2, -0.15) is 0 Å². The second kappa shape index (κ2) is 4.66. The molecule has 0 bridgehead atoms. The second-order valence-electron chi connectivity index (χ2n) is 4.57. The molecule has 1 aromatic carbocycles. The molecular formula is C13H12ClN3O2. The number of benzene rings is 1. The topological polar surface area (TPSA) is 64.0 Å². The van der Waals surface area contributed by atoms with Crippen LogP contribution in [0.5, 0.6) is 0 Å². The van der Waals surface area contributed by atoms with Gasteiger partial charge in [0.05, 0.1) is 17.2 Å². The quantitative estimate of drug-likeness (QED) is 0.859. The Hall–Kier alpha value is -1.88. The number of hydrogen-bond acceptors (Lipinski definition) is 3. The molecule has 2 aromatic rings. The lowest BCUT2D eigenvalue weighted by atomic mass is 10.1. The van der Waals surface area contributed by atoms with Crippen molar-refractivity contribution in [3.05, 3.63) is 39.9 Å². The monoisotopic (exact) mass is 277 g/mol. The van der Waals surface area contributed by atoms with E-state index in [2.05, 4.69) is 10.3 Å². The summed E-state index contributed by atoms with van der Waals surface area (Å²) in [5.41, 5.74) is 0.358. The van der Waals surface area contributed by atoms with E-state index in [0.717, 1.165) is 6.42 Å². The van der Waals surface area contributed by atoms with Gasteiger partial charge in [0.25, 0.3) is 5.56 Å². The zero-order valence-electron chi connectivity index (χ0n) is 10.1. The minimum atomic E-state index is -0.475. The Morgan fingerprint density at radius 2 is 2.21 bits per heavy atom. The van der Waals surface area contributed by atoms with Crippen LogP contribution < -0.4 is 10.9 Å². The fraction of sp³-hybridized carbons (Fsp3) is 0.308. The summed E-state index contributed by atoms with van der Waals surface area (Å²) < 4.78 is 1.40. The summed E-state index contributed by atoms with van der Waals surface area (Å²) in [6.07, 6.45) is 2.95. The van der Waals surface area contributed by atoms with Crippen molar-refractivity contribution in [2.75, 3.05) is 6.54 Å². The molecule has 5 nitrogen and oxygen atoms in total. The highest BCUT2D eigenvalue weighted by molar-refractivity contribution is 6.31. The average Bonchev–Trinajstić information content (AvgIpc) is 2.41. The minimum absolute atomic E-state index is 0.128. The van der Waals surface area contributed by atoms with Crippen LogP contribution in [-0.2, 0) is 4.79 Å². The van der Waals surface area contributed by atoms with Crippen LogP contribution in [0.25, 0.3) is 10.9 Å². The van der Waals surface area contributed by atoms with Crippen molar-refractivity contribution < 1.29 is 4.79 Å². The van der Waals surface area contributed by atoms with E-state index in [-0.39, 0.29) is 11.5 Å². The van der Waals surface area contributed by atoms with E-state index >= 15 is 0 Å². The Morgan fingerprint density at radius 1 is 1.37 bits per heavy atom. The summed E-state index contributed by atoms with van der Waals surface area (Å²) in [7, 11) is 0. The van der Waals surface area contributed by atoms with Gasteiger partial charge < -0.3 is 5.32 Å². The van der Waals surface area contributed by atoms with Gasteiger partial charge in [-0.25, -0.2) is 4.98 Å². The zero-order valence-corrected chi connectivity index (χ0v) is 10.9. The van der Waals surface area contributed by atoms with Crippen LogP contribution in [0.1, 0.15) is 18.9 Å². The number of aromatic nitrogens is 2. The van der Waals surface area contributed by atoms with Crippen molar-refractivity contribution >= 4 is 28.4 Å². The van der Waals surface area contributed by atoms with E-state index < -0.39 is 6.04 Å². The smallest absolute Gasteiger partial charge is 0.261 e. The number of fused-ring (bicyclic) bond motifs is 1. The van der Waals surface area contributed by atoms with Gasteiger partial charge in [0.15, 0.2) is 0 Å². The standard InChI is InChI=1S/C13H12ClN3O2/c14-8-3-4-10-9(6-8)13(19)17(7-16-10)11-2-1-5-15-12(11)18/h3-4,6-7,11H,1-2,5H2,(H,15,18). The molecule has 1 saturated heterocycles. The van der Waals surface area contributed by atoms with Gasteiger partial charge in [-0.3, -0.25) is 14.2 Å². The maximum Gasteiger partial charge on any atom is 0.261 e. The Balaban J connectivity index is 2.17. The number of carbonyl (C=O) groups is 1. The van der Waals surface area contributed by atoms with Crippen molar-refractivity contribution in [1.29, 1.82) is 0 Å². The first kappa shape index (κ1) is 12.2. The van der Waals surface area contributed by atoms with Gasteiger partial charge in [0, 0.05) is 11.6 Å². The number of halogens is 1. The number of carbonyl (C=O) groups excluding carboxylic acids is 1. The summed E-state index contributed by atoms with van der Waals surface area (Å²) in [4.78, 5) is 28.5. The second-order valence-corrected chi connectivity index (χ2v) is 5.00. The highest BCUT2D eigenvalue weighted by Gasteiger charge is 2.25. The Bertz CT molecular complexity index is 711. The van der Waals surface area contributed by atoms with Crippen LogP contribution in [-0.4, -0.2) is 22.0 Å². The van der Waals surface area contributed by atoms with E-state index in [0.29, 0.717) is 28.9 Å². The number of nitrogens with one attached hydrogen (secondary N) is 1. The Morgan fingerprint density at radius 3 is 3.00 bits per heavy atom. The average molecular weight is 278 g/mol. The highest BCUT2D eigenvalue weighted by Crippen LogP contribution is 2.18. The summed E-state index contributed by atoms with van der Waals surface area (Å²) in [6, 6.07) is 4.50. The molecule has 19 heavy (non-hydrogen) atoms. The minimum Gasteiger partial charge on any atom is -0.354 e. The molecule has 3 rings (SSSR count). The molecule has 0 radical (unpaired) electrons. The third-order valence-electron chi connectivity index (χ3n) is 3.34. The molecule has 98 valence electrons. The predicted molar refractivity (Wildman–Crippen MR) is 72.3 cm³/mol. The van der Waals surface area contributed by atoms with Crippen LogP contribution in [0, 0.1) is 0 Å². The fourth-order valence-electron chi connectivity index (χ4n) is 2.35. The van der Waals surface area contributed by atoms with Gasteiger partial charge in [0.2, 0.25) is 5.91 Å². The lowest BCUT2D eigenvalue weighted by Gasteiger charge is -2.23. The lowest BCUT2D eigenvalue weighted by Crippen LogP contribution is -2.41. The van der Waals surface area contributed by atoms with Gasteiger partial charge >= 0.3 is 0 Å². The maximum atomic E-state index is 12.4. The Kier molecular flexibility index (Phi) is 2.98. The van der Waals surface area contributed by atoms with Gasteiger partial charge in [-0.05, 0) is 31.0 Å². The van der Waals surface area contributed by atoms with Crippen LogP contribution >= 0.6 is 11.6 Å². The highest BCUT2D eigenvalue weighted by atomic mass is 35.5. The maximum absolute atomic E-state index is 12.4. The molecule has 1 aromatic heterocycles. The summed E-state index contributed by atoms with van der Waals surface area (Å²) in [5.74, 6) is -0.128. The molecular weight excluding hydrogens is 266 g/mol. The molecule has 0 aliphatic carbocycles. The molecule has 0 saturated carbocycles. The third-order valence-corrected chi connectivity index (χ3v) is 3.57. The number of piperidine rings is 1. The summed E-state index contributed by atoms with van der Waals surface area (Å²) in [6.45, 7) is 0.664. The Labute approximate surface area is 114 Å². The molecule has 1 N–H and O–H groups in total. The number of rotatable bonds is 1. The van der Waals surface area contributed by atoms with Crippen molar-refractivity contribution in [3.8, 4) is 0 Å². The molecule has 0 spiro atoms. The molecule has 1 fully saturated rings. The molecule has 1 aliphatic heterocycles. The largest absolute Gasteiger partial charge is 0.354 e. The first-order valence-corrected chi connectivity index (χ1v) is 6.49. The first-order chi connectivity index (χ1) is 9.16. The SMILES string of the molecule is O=C1NCCCC1n1cnc2ccc(Cl)cc2c1=O. The molecule has 1 unspecified atom stereocenters. The molecule has 1 atom stereocenters. The predicted octanol–water partition coefficient (Wildman–Crippen LogP) is 1.50. The van der Waals surface area contributed by atoms with Gasteiger partial charge in [-0.15, -0.1) is 0 Å². The van der Waals surface area contributed by atoms with E-state index in [1.54, 1.807) is 18.2 Å². The van der Waals surface area contributed by atoms with Crippen molar-refractivity contribution in [2.45, 2.75) is 18.9 Å². The lowest BCUT2D eigenvalue weighted by molar-refractivity contribution is -0.125. The first-order valence-electron chi connectivity index (χ1n) is 6.11. The van der Waals surface area contributed by atoms with Crippen molar-refractivity contribution in [2.24, 2.45) is 0 Å². The van der Waals surface area contributed by atoms with E-state index in [1.807, 2.05) is 0 Å². The van der Waals surface area contributed by atoms with Gasteiger partial charge in [0.1, 0.15) is 6.04 Å². The van der Waals surface area contributed by atoms with Crippen LogP contribution in [0.4, 0.5) is 0 Å². The summed E-state index contributed by atoms with van der Waals surface area (Å²) >= 11 is 5.90. The van der Waals surface area contributed by atoms with Gasteiger partial charge in [-0.1, -0.05) is 11.6 Å². The molecule has 6 heteroatoms. The third kappa shape index (κ3) is 2.10. The molecule has 2 heterocycles. The van der Waals surface area contributed by atoms with Crippen molar-refractivity contribution in [1.82, 2.24) is 14.9 Å². The summed E-state index contributed by atoms with van der Waals surface area (Å²) in [5, 5.41) is 3.69. The number of nitrogens with zero attached hydrogens (tertiary/aromatic N) is 2. The van der Waals surface area contributed by atoms with E-state index in [1.165, 1.54) is 10.9 Å². The van der Waals surface area contributed by atoms with Crippen molar-refractivity contribution in [3.63, 3.8) is 0 Å². The van der Waals surface area contributed by atoms with E-state index in [9.17, 15) is 9.59 Å². The van der Waals surface area contributed by atoms with Crippen LogP contribution in [0.3, 0.4) is 0 Å². The zero-order chi connectivity index (χ0) is 13.4. The fourth-order valence-corrected chi connectivity index (χ4v) is 2.52. The van der Waals surface area contributed by atoms with Crippen LogP contribution in [0.2, 0.25) is 5.02 Å².